The number of aryl methyl sites for hydroxylation is 1. The average Bonchev–Trinajstić information content (AvgIpc) is 3.48. The van der Waals surface area contributed by atoms with Gasteiger partial charge in [-0.05, 0) is 38.8 Å². The maximum absolute atomic E-state index is 12.9. The van der Waals surface area contributed by atoms with Crippen molar-refractivity contribution in [1.29, 1.82) is 0 Å². The van der Waals surface area contributed by atoms with Crippen LogP contribution in [0.1, 0.15) is 58.3 Å². The number of pyridine rings is 2. The Hall–Kier alpha value is -3.86. The molecule has 35 heavy (non-hydrogen) atoms. The maximum atomic E-state index is 12.9. The fraction of sp³-hybridized carbons (Fsp3) is 0.333. The van der Waals surface area contributed by atoms with Gasteiger partial charge in [0.2, 0.25) is 0 Å². The van der Waals surface area contributed by atoms with Gasteiger partial charge < -0.3 is 15.7 Å². The number of carbonyl (C=O) groups excluding carboxylic acids is 2. The SMILES string of the molecule is CCNC(=O)Nc1cc(-c2nc(C)c(C(=O)NC3CCCC3)s2)c(-c2cncc(C(=O)O)c2)cn1. The van der Waals surface area contributed by atoms with E-state index >= 15 is 0 Å². The molecule has 0 radical (unpaired) electrons. The highest BCUT2D eigenvalue weighted by Crippen LogP contribution is 2.37. The van der Waals surface area contributed by atoms with Crippen LogP contribution in [0.15, 0.2) is 30.7 Å². The fourth-order valence-electron chi connectivity index (χ4n) is 4.00. The van der Waals surface area contributed by atoms with Crippen molar-refractivity contribution in [3.8, 4) is 21.7 Å². The lowest BCUT2D eigenvalue weighted by molar-refractivity contribution is 0.0696. The van der Waals surface area contributed by atoms with Crippen molar-refractivity contribution in [2.24, 2.45) is 0 Å². The number of amides is 3. The van der Waals surface area contributed by atoms with Gasteiger partial charge >= 0.3 is 12.0 Å². The van der Waals surface area contributed by atoms with Crippen LogP contribution < -0.4 is 16.0 Å². The minimum absolute atomic E-state index is 0.0323. The summed E-state index contributed by atoms with van der Waals surface area (Å²) >= 11 is 1.25. The molecule has 1 saturated carbocycles. The van der Waals surface area contributed by atoms with E-state index in [1.165, 1.54) is 36.0 Å². The molecular weight excluding hydrogens is 468 g/mol. The third-order valence-corrected chi connectivity index (χ3v) is 6.89. The quantitative estimate of drug-likeness (QED) is 0.387. The summed E-state index contributed by atoms with van der Waals surface area (Å²) in [5.74, 6) is -0.954. The van der Waals surface area contributed by atoms with Crippen LogP contribution in [0.2, 0.25) is 0 Å². The molecule has 182 valence electrons. The summed E-state index contributed by atoms with van der Waals surface area (Å²) in [7, 11) is 0. The van der Waals surface area contributed by atoms with E-state index in [-0.39, 0.29) is 17.5 Å². The van der Waals surface area contributed by atoms with Crippen molar-refractivity contribution < 1.29 is 19.5 Å². The molecule has 11 heteroatoms. The molecule has 10 nitrogen and oxygen atoms in total. The average molecular weight is 495 g/mol. The minimum atomic E-state index is -1.10. The summed E-state index contributed by atoms with van der Waals surface area (Å²) in [6.45, 7) is 4.04. The van der Waals surface area contributed by atoms with Gasteiger partial charge in [0.05, 0.1) is 11.3 Å². The second-order valence-electron chi connectivity index (χ2n) is 8.26. The lowest BCUT2D eigenvalue weighted by Gasteiger charge is -2.11. The van der Waals surface area contributed by atoms with Gasteiger partial charge in [-0.2, -0.15) is 0 Å². The number of carbonyl (C=O) groups is 3. The van der Waals surface area contributed by atoms with Crippen LogP contribution in [0.25, 0.3) is 21.7 Å². The molecule has 3 aromatic heterocycles. The third-order valence-electron chi connectivity index (χ3n) is 5.70. The van der Waals surface area contributed by atoms with E-state index in [1.807, 2.05) is 0 Å². The first kappa shape index (κ1) is 24.3. The maximum Gasteiger partial charge on any atom is 0.337 e. The van der Waals surface area contributed by atoms with Gasteiger partial charge in [0.1, 0.15) is 15.7 Å². The van der Waals surface area contributed by atoms with E-state index in [4.69, 9.17) is 0 Å². The number of urea groups is 1. The predicted molar refractivity (Wildman–Crippen MR) is 133 cm³/mol. The third kappa shape index (κ3) is 5.62. The van der Waals surface area contributed by atoms with E-state index < -0.39 is 12.0 Å². The summed E-state index contributed by atoms with van der Waals surface area (Å²) in [5.41, 5.74) is 2.34. The number of carboxylic acid groups (broad SMARTS) is 1. The zero-order valence-electron chi connectivity index (χ0n) is 19.4. The topological polar surface area (TPSA) is 146 Å². The Morgan fingerprint density at radius 3 is 2.60 bits per heavy atom. The monoisotopic (exact) mass is 494 g/mol. The standard InChI is InChI=1S/C24H26N6O4S/c1-3-26-24(34)30-19-9-17(18(12-27-19)14-8-15(23(32)33)11-25-10-14)22-28-13(2)20(35-22)21(31)29-16-6-4-5-7-16/h8-12,16H,3-7H2,1-2H3,(H,29,31)(H,32,33)(H2,26,27,30,34). The van der Waals surface area contributed by atoms with Gasteiger partial charge in [0.25, 0.3) is 5.91 Å². The van der Waals surface area contributed by atoms with Gasteiger partial charge in [-0.1, -0.05) is 12.8 Å². The van der Waals surface area contributed by atoms with Crippen LogP contribution in [0.3, 0.4) is 0 Å². The van der Waals surface area contributed by atoms with Gasteiger partial charge in [0, 0.05) is 47.9 Å². The number of hydrogen-bond donors (Lipinski definition) is 4. The molecule has 0 saturated heterocycles. The van der Waals surface area contributed by atoms with Crippen molar-refractivity contribution in [1.82, 2.24) is 25.6 Å². The fourth-order valence-corrected chi connectivity index (χ4v) is 5.00. The summed E-state index contributed by atoms with van der Waals surface area (Å²) in [5, 5.41) is 18.4. The molecule has 0 bridgehead atoms. The normalized spacial score (nSPS) is 13.4. The first-order chi connectivity index (χ1) is 16.9. The molecule has 4 rings (SSSR count). The number of carboxylic acids is 1. The molecule has 3 heterocycles. The van der Waals surface area contributed by atoms with E-state index in [9.17, 15) is 19.5 Å². The molecule has 3 amide bonds. The number of nitrogens with zero attached hydrogens (tertiary/aromatic N) is 3. The zero-order valence-corrected chi connectivity index (χ0v) is 20.2. The Kier molecular flexibility index (Phi) is 7.35. The van der Waals surface area contributed by atoms with E-state index in [0.29, 0.717) is 44.6 Å². The van der Waals surface area contributed by atoms with Crippen molar-refractivity contribution in [2.45, 2.75) is 45.6 Å². The Morgan fingerprint density at radius 2 is 1.89 bits per heavy atom. The van der Waals surface area contributed by atoms with Gasteiger partial charge in [-0.3, -0.25) is 15.1 Å². The lowest BCUT2D eigenvalue weighted by atomic mass is 10.0. The second-order valence-corrected chi connectivity index (χ2v) is 9.25. The molecular formula is C24H26N6O4S. The van der Waals surface area contributed by atoms with Crippen LogP contribution in [-0.4, -0.2) is 50.6 Å². The largest absolute Gasteiger partial charge is 0.478 e. The number of hydrogen-bond acceptors (Lipinski definition) is 7. The molecule has 0 spiro atoms. The number of anilines is 1. The second kappa shape index (κ2) is 10.6. The Balaban J connectivity index is 1.75. The number of thiazole rings is 1. The summed E-state index contributed by atoms with van der Waals surface area (Å²) in [4.78, 5) is 50.0. The molecule has 1 aliphatic rings. The van der Waals surface area contributed by atoms with E-state index in [0.717, 1.165) is 25.7 Å². The Labute approximate surface area is 206 Å². The van der Waals surface area contributed by atoms with Crippen molar-refractivity contribution >= 4 is 35.1 Å². The molecule has 4 N–H and O–H groups in total. The molecule has 1 fully saturated rings. The first-order valence-electron chi connectivity index (χ1n) is 11.4. The molecule has 0 unspecified atom stereocenters. The molecule has 0 aromatic carbocycles. The van der Waals surface area contributed by atoms with Gasteiger partial charge in [-0.25, -0.2) is 19.6 Å². The van der Waals surface area contributed by atoms with Crippen molar-refractivity contribution in [3.63, 3.8) is 0 Å². The Bertz CT molecular complexity index is 1270. The van der Waals surface area contributed by atoms with Crippen LogP contribution in [-0.2, 0) is 0 Å². The molecule has 3 aromatic rings. The van der Waals surface area contributed by atoms with Crippen LogP contribution >= 0.6 is 11.3 Å². The number of rotatable bonds is 7. The predicted octanol–water partition coefficient (Wildman–Crippen LogP) is 4.09. The van der Waals surface area contributed by atoms with Crippen molar-refractivity contribution in [2.75, 3.05) is 11.9 Å². The summed E-state index contributed by atoms with van der Waals surface area (Å²) in [6.07, 6.45) is 8.53. The van der Waals surface area contributed by atoms with E-state index in [2.05, 4.69) is 30.9 Å². The Morgan fingerprint density at radius 1 is 1.11 bits per heavy atom. The van der Waals surface area contributed by atoms with Crippen LogP contribution in [0, 0.1) is 6.92 Å². The van der Waals surface area contributed by atoms with Crippen LogP contribution in [0.4, 0.5) is 10.6 Å². The highest BCUT2D eigenvalue weighted by molar-refractivity contribution is 7.17. The highest BCUT2D eigenvalue weighted by atomic mass is 32.1. The molecule has 1 aliphatic carbocycles. The van der Waals surface area contributed by atoms with E-state index in [1.54, 1.807) is 19.9 Å². The number of aromatic carboxylic acids is 1. The smallest absolute Gasteiger partial charge is 0.337 e. The zero-order chi connectivity index (χ0) is 24.9. The first-order valence-corrected chi connectivity index (χ1v) is 12.2. The number of nitrogens with one attached hydrogen (secondary N) is 3. The summed E-state index contributed by atoms with van der Waals surface area (Å²) < 4.78 is 0. The lowest BCUT2D eigenvalue weighted by Crippen LogP contribution is -2.32. The van der Waals surface area contributed by atoms with Crippen LogP contribution in [0.5, 0.6) is 0 Å². The minimum Gasteiger partial charge on any atom is -0.478 e. The van der Waals surface area contributed by atoms with Gasteiger partial charge in [-0.15, -0.1) is 11.3 Å². The molecule has 0 aliphatic heterocycles. The van der Waals surface area contributed by atoms with Crippen molar-refractivity contribution in [3.05, 3.63) is 46.9 Å². The highest BCUT2D eigenvalue weighted by Gasteiger charge is 2.23. The van der Waals surface area contributed by atoms with Gasteiger partial charge in [0.15, 0.2) is 0 Å². The summed E-state index contributed by atoms with van der Waals surface area (Å²) in [6, 6.07) is 2.94. The number of aromatic nitrogens is 3. The molecule has 0 atom stereocenters.